The van der Waals surface area contributed by atoms with E-state index in [1.165, 1.54) is 43.6 Å². The second-order valence-electron chi connectivity index (χ2n) is 6.61. The fraction of sp³-hybridized carbons (Fsp3) is 0.667. The van der Waals surface area contributed by atoms with Crippen LogP contribution in [0.5, 0.6) is 0 Å². The summed E-state index contributed by atoms with van der Waals surface area (Å²) in [5, 5.41) is 3.20. The summed E-state index contributed by atoms with van der Waals surface area (Å²) in [5.41, 5.74) is 2.85. The van der Waals surface area contributed by atoms with Gasteiger partial charge in [-0.05, 0) is 77.1 Å². The van der Waals surface area contributed by atoms with Crippen molar-refractivity contribution >= 4 is 0 Å². The van der Waals surface area contributed by atoms with Gasteiger partial charge in [0.2, 0.25) is 0 Å². The molecule has 0 aromatic heterocycles. The van der Waals surface area contributed by atoms with E-state index >= 15 is 0 Å². The molecule has 0 amide bonds. The van der Waals surface area contributed by atoms with E-state index in [-0.39, 0.29) is 0 Å². The molecule has 0 bridgehead atoms. The number of hydrogen-bond donors (Lipinski definition) is 1. The Kier molecular flexibility index (Phi) is 6.68. The molecule has 1 fully saturated rings. The van der Waals surface area contributed by atoms with Gasteiger partial charge < -0.3 is 15.1 Å². The van der Waals surface area contributed by atoms with E-state index < -0.39 is 0 Å². The molecule has 1 aliphatic heterocycles. The molecule has 1 saturated heterocycles. The highest BCUT2D eigenvalue weighted by molar-refractivity contribution is 5.22. The molecule has 0 atom stereocenters. The zero-order valence-electron chi connectivity index (χ0n) is 13.9. The Morgan fingerprint density at radius 1 is 1.14 bits per heavy atom. The Morgan fingerprint density at radius 2 is 1.76 bits per heavy atom. The van der Waals surface area contributed by atoms with Gasteiger partial charge in [0.1, 0.15) is 0 Å². The molecule has 0 saturated carbocycles. The van der Waals surface area contributed by atoms with Gasteiger partial charge in [-0.3, -0.25) is 0 Å². The van der Waals surface area contributed by atoms with Crippen molar-refractivity contribution in [3.63, 3.8) is 0 Å². The molecule has 1 heterocycles. The topological polar surface area (TPSA) is 18.5 Å². The molecule has 0 unspecified atom stereocenters. The number of piperidine rings is 1. The summed E-state index contributed by atoms with van der Waals surface area (Å²) in [6.07, 6.45) is 3.82. The Morgan fingerprint density at radius 3 is 2.38 bits per heavy atom. The summed E-state index contributed by atoms with van der Waals surface area (Å²) in [7, 11) is 6.50. The summed E-state index contributed by atoms with van der Waals surface area (Å²) < 4.78 is 0. The molecule has 1 aromatic rings. The van der Waals surface area contributed by atoms with Gasteiger partial charge in [0.05, 0.1) is 0 Å². The average molecular weight is 289 g/mol. The second-order valence-corrected chi connectivity index (χ2v) is 6.61. The van der Waals surface area contributed by atoms with Crippen LogP contribution < -0.4 is 5.32 Å². The van der Waals surface area contributed by atoms with Crippen LogP contribution in [0.25, 0.3) is 0 Å². The first-order chi connectivity index (χ1) is 10.2. The summed E-state index contributed by atoms with van der Waals surface area (Å²) in [6.45, 7) is 5.88. The van der Waals surface area contributed by atoms with Crippen LogP contribution in [0.15, 0.2) is 24.3 Å². The average Bonchev–Trinajstić information content (AvgIpc) is 2.49. The molecule has 3 heteroatoms. The van der Waals surface area contributed by atoms with Gasteiger partial charge in [-0.1, -0.05) is 24.3 Å². The van der Waals surface area contributed by atoms with Crippen LogP contribution in [0.2, 0.25) is 0 Å². The monoisotopic (exact) mass is 289 g/mol. The molecule has 0 spiro atoms. The van der Waals surface area contributed by atoms with Gasteiger partial charge in [0, 0.05) is 13.1 Å². The van der Waals surface area contributed by atoms with E-state index in [1.54, 1.807) is 0 Å². The molecule has 1 aliphatic rings. The standard InChI is InChI=1S/C18H31N3/c1-19-11-8-16-4-6-17(7-5-16)14-21(3)15-18-9-12-20(2)13-10-18/h4-7,18-19H,8-15H2,1-3H3. The van der Waals surface area contributed by atoms with Crippen molar-refractivity contribution in [3.05, 3.63) is 35.4 Å². The molecule has 3 nitrogen and oxygen atoms in total. The third kappa shape index (κ3) is 5.77. The predicted octanol–water partition coefficient (Wildman–Crippen LogP) is 2.22. The molecule has 1 N–H and O–H groups in total. The van der Waals surface area contributed by atoms with E-state index in [4.69, 9.17) is 0 Å². The van der Waals surface area contributed by atoms with Gasteiger partial charge in [-0.15, -0.1) is 0 Å². The first kappa shape index (κ1) is 16.5. The maximum absolute atomic E-state index is 3.20. The minimum Gasteiger partial charge on any atom is -0.319 e. The first-order valence-corrected chi connectivity index (χ1v) is 8.27. The Labute approximate surface area is 130 Å². The van der Waals surface area contributed by atoms with Gasteiger partial charge in [-0.25, -0.2) is 0 Å². The van der Waals surface area contributed by atoms with Gasteiger partial charge in [0.15, 0.2) is 0 Å². The SMILES string of the molecule is CNCCc1ccc(CN(C)CC2CCN(C)CC2)cc1. The molecule has 1 aromatic carbocycles. The van der Waals surface area contributed by atoms with Crippen LogP contribution in [0.1, 0.15) is 24.0 Å². The number of hydrogen-bond acceptors (Lipinski definition) is 3. The van der Waals surface area contributed by atoms with Crippen LogP contribution in [-0.2, 0) is 13.0 Å². The molecule has 0 radical (unpaired) electrons. The summed E-state index contributed by atoms with van der Waals surface area (Å²) in [5.74, 6) is 0.876. The molecule has 2 rings (SSSR count). The fourth-order valence-corrected chi connectivity index (χ4v) is 3.14. The molecule has 0 aliphatic carbocycles. The summed E-state index contributed by atoms with van der Waals surface area (Å²) >= 11 is 0. The second kappa shape index (κ2) is 8.52. The highest BCUT2D eigenvalue weighted by Crippen LogP contribution is 2.17. The minimum atomic E-state index is 0.876. The Balaban J connectivity index is 1.75. The molecule has 118 valence electrons. The lowest BCUT2D eigenvalue weighted by molar-refractivity contribution is 0.173. The lowest BCUT2D eigenvalue weighted by Crippen LogP contribution is -2.35. The van der Waals surface area contributed by atoms with Crippen LogP contribution in [0.4, 0.5) is 0 Å². The number of nitrogens with zero attached hydrogens (tertiary/aromatic N) is 2. The van der Waals surface area contributed by atoms with Gasteiger partial charge >= 0.3 is 0 Å². The van der Waals surface area contributed by atoms with E-state index in [0.29, 0.717) is 0 Å². The molecule has 21 heavy (non-hydrogen) atoms. The third-order valence-corrected chi connectivity index (χ3v) is 4.55. The van der Waals surface area contributed by atoms with E-state index in [9.17, 15) is 0 Å². The van der Waals surface area contributed by atoms with Crippen molar-refractivity contribution in [2.75, 3.05) is 47.3 Å². The number of likely N-dealkylation sites (N-methyl/N-ethyl adjacent to an activating group) is 1. The first-order valence-electron chi connectivity index (χ1n) is 8.27. The van der Waals surface area contributed by atoms with Crippen molar-refractivity contribution in [2.45, 2.75) is 25.8 Å². The maximum atomic E-state index is 3.20. The van der Waals surface area contributed by atoms with Crippen LogP contribution >= 0.6 is 0 Å². The maximum Gasteiger partial charge on any atom is 0.0230 e. The third-order valence-electron chi connectivity index (χ3n) is 4.55. The van der Waals surface area contributed by atoms with Crippen LogP contribution in [-0.4, -0.2) is 57.1 Å². The van der Waals surface area contributed by atoms with Crippen molar-refractivity contribution in [3.8, 4) is 0 Å². The highest BCUT2D eigenvalue weighted by Gasteiger charge is 2.18. The summed E-state index contributed by atoms with van der Waals surface area (Å²) in [4.78, 5) is 4.93. The summed E-state index contributed by atoms with van der Waals surface area (Å²) in [6, 6.07) is 9.12. The zero-order valence-corrected chi connectivity index (χ0v) is 13.9. The highest BCUT2D eigenvalue weighted by atomic mass is 15.1. The van der Waals surface area contributed by atoms with Crippen molar-refractivity contribution in [1.29, 1.82) is 0 Å². The van der Waals surface area contributed by atoms with Crippen molar-refractivity contribution in [2.24, 2.45) is 5.92 Å². The van der Waals surface area contributed by atoms with E-state index in [2.05, 4.69) is 53.5 Å². The predicted molar refractivity (Wildman–Crippen MR) is 90.6 cm³/mol. The number of nitrogens with one attached hydrogen (secondary N) is 1. The van der Waals surface area contributed by atoms with E-state index in [1.807, 2.05) is 7.05 Å². The normalized spacial score (nSPS) is 17.5. The smallest absolute Gasteiger partial charge is 0.0230 e. The Bertz CT molecular complexity index is 393. The lowest BCUT2D eigenvalue weighted by Gasteiger charge is -2.31. The largest absolute Gasteiger partial charge is 0.319 e. The van der Waals surface area contributed by atoms with Gasteiger partial charge in [-0.2, -0.15) is 0 Å². The fourth-order valence-electron chi connectivity index (χ4n) is 3.14. The van der Waals surface area contributed by atoms with Crippen molar-refractivity contribution < 1.29 is 0 Å². The minimum absolute atomic E-state index is 0.876. The zero-order chi connectivity index (χ0) is 15.1. The Hall–Kier alpha value is -0.900. The lowest BCUT2D eigenvalue weighted by atomic mass is 9.96. The van der Waals surface area contributed by atoms with Crippen LogP contribution in [0, 0.1) is 5.92 Å². The van der Waals surface area contributed by atoms with E-state index in [0.717, 1.165) is 25.4 Å². The van der Waals surface area contributed by atoms with Crippen molar-refractivity contribution in [1.82, 2.24) is 15.1 Å². The van der Waals surface area contributed by atoms with Gasteiger partial charge in [0.25, 0.3) is 0 Å². The number of rotatable bonds is 7. The molecular formula is C18H31N3. The number of benzene rings is 1. The number of likely N-dealkylation sites (tertiary alicyclic amines) is 1. The van der Waals surface area contributed by atoms with Crippen LogP contribution in [0.3, 0.4) is 0 Å². The molecular weight excluding hydrogens is 258 g/mol. The quantitative estimate of drug-likeness (QED) is 0.830.